The second-order valence-corrected chi connectivity index (χ2v) is 6.00. The molecule has 1 aromatic heterocycles. The summed E-state index contributed by atoms with van der Waals surface area (Å²) in [6.45, 7) is -0.0678. The quantitative estimate of drug-likeness (QED) is 0.779. The fourth-order valence-corrected chi connectivity index (χ4v) is 2.61. The van der Waals surface area contributed by atoms with Crippen LogP contribution in [-0.2, 0) is 16.6 Å². The van der Waals surface area contributed by atoms with E-state index in [0.29, 0.717) is 15.9 Å². The number of carbonyl (C=O) groups excluding carboxylic acids is 2. The molecule has 0 spiro atoms. The third-order valence-electron chi connectivity index (χ3n) is 2.86. The zero-order valence-corrected chi connectivity index (χ0v) is 14.1. The van der Waals surface area contributed by atoms with E-state index in [1.807, 2.05) is 0 Å². The molecule has 0 saturated carbocycles. The van der Waals surface area contributed by atoms with Crippen LogP contribution in [0.15, 0.2) is 29.4 Å². The zero-order chi connectivity index (χ0) is 16.8. The molecule has 2 amide bonds. The van der Waals surface area contributed by atoms with Gasteiger partial charge in [-0.25, -0.2) is 4.68 Å². The van der Waals surface area contributed by atoms with Crippen molar-refractivity contribution < 1.29 is 9.59 Å². The van der Waals surface area contributed by atoms with Gasteiger partial charge in [-0.2, -0.15) is 0 Å². The van der Waals surface area contributed by atoms with Crippen LogP contribution in [0, 0.1) is 0 Å². The molecule has 8 nitrogen and oxygen atoms in total. The van der Waals surface area contributed by atoms with E-state index < -0.39 is 0 Å². The summed E-state index contributed by atoms with van der Waals surface area (Å²) < 4.78 is 1.47. The van der Waals surface area contributed by atoms with Gasteiger partial charge in [-0.15, -0.1) is 5.10 Å². The van der Waals surface area contributed by atoms with Gasteiger partial charge in [0.05, 0.1) is 23.0 Å². The molecule has 0 bridgehead atoms. The van der Waals surface area contributed by atoms with Crippen LogP contribution in [-0.4, -0.2) is 56.3 Å². The fourth-order valence-electron chi connectivity index (χ4n) is 1.64. The zero-order valence-electron chi connectivity index (χ0n) is 12.6. The van der Waals surface area contributed by atoms with Gasteiger partial charge in [0.15, 0.2) is 0 Å². The van der Waals surface area contributed by atoms with Gasteiger partial charge in [0.2, 0.25) is 17.0 Å². The van der Waals surface area contributed by atoms with Crippen molar-refractivity contribution in [3.63, 3.8) is 0 Å². The first-order valence-corrected chi connectivity index (χ1v) is 7.97. The normalized spacial score (nSPS) is 10.4. The molecule has 0 fully saturated rings. The summed E-state index contributed by atoms with van der Waals surface area (Å²) in [7, 11) is 3.25. The summed E-state index contributed by atoms with van der Waals surface area (Å²) in [6, 6.07) is 6.91. The maximum Gasteiger partial charge on any atom is 0.244 e. The number of hydrogen-bond donors (Lipinski definition) is 1. The summed E-state index contributed by atoms with van der Waals surface area (Å²) in [5.41, 5.74) is 0.513. The molecule has 0 saturated heterocycles. The maximum atomic E-state index is 12.0. The van der Waals surface area contributed by atoms with E-state index in [0.717, 1.165) is 0 Å². The number of carbonyl (C=O) groups is 2. The van der Waals surface area contributed by atoms with Crippen molar-refractivity contribution >= 4 is 40.9 Å². The first-order valence-electron chi connectivity index (χ1n) is 6.61. The fraction of sp³-hybridized carbons (Fsp3) is 0.308. The van der Waals surface area contributed by atoms with Crippen LogP contribution in [0.4, 0.5) is 5.69 Å². The SMILES string of the molecule is CN(CC(=O)Nc1ccccc1Cl)C(=O)CSc1nnnn1C. The van der Waals surface area contributed by atoms with Crippen molar-refractivity contribution in [2.24, 2.45) is 7.05 Å². The van der Waals surface area contributed by atoms with Crippen LogP contribution in [0.1, 0.15) is 0 Å². The largest absolute Gasteiger partial charge is 0.336 e. The van der Waals surface area contributed by atoms with Crippen LogP contribution in [0.2, 0.25) is 5.02 Å². The predicted molar refractivity (Wildman–Crippen MR) is 87.2 cm³/mol. The van der Waals surface area contributed by atoms with Crippen molar-refractivity contribution in [1.29, 1.82) is 0 Å². The number of halogens is 1. The lowest BCUT2D eigenvalue weighted by Crippen LogP contribution is -2.36. The molecular formula is C13H15ClN6O2S. The van der Waals surface area contributed by atoms with Crippen molar-refractivity contribution in [2.75, 3.05) is 24.7 Å². The Balaban J connectivity index is 1.82. The van der Waals surface area contributed by atoms with Crippen LogP contribution in [0.25, 0.3) is 0 Å². The van der Waals surface area contributed by atoms with Gasteiger partial charge >= 0.3 is 0 Å². The first kappa shape index (κ1) is 17.2. The van der Waals surface area contributed by atoms with Gasteiger partial charge in [-0.05, 0) is 22.6 Å². The summed E-state index contributed by atoms with van der Waals surface area (Å²) >= 11 is 7.18. The molecule has 0 radical (unpaired) electrons. The highest BCUT2D eigenvalue weighted by molar-refractivity contribution is 7.99. The second-order valence-electron chi connectivity index (χ2n) is 4.65. The number of thioether (sulfide) groups is 1. The molecule has 23 heavy (non-hydrogen) atoms. The topological polar surface area (TPSA) is 93.0 Å². The minimum Gasteiger partial charge on any atom is -0.336 e. The lowest BCUT2D eigenvalue weighted by Gasteiger charge is -2.16. The number of anilines is 1. The number of nitrogens with one attached hydrogen (secondary N) is 1. The molecule has 1 N–H and O–H groups in total. The minimum absolute atomic E-state index is 0.0678. The van der Waals surface area contributed by atoms with Gasteiger partial charge in [0.25, 0.3) is 0 Å². The van der Waals surface area contributed by atoms with Crippen molar-refractivity contribution in [1.82, 2.24) is 25.1 Å². The summed E-state index contributed by atoms with van der Waals surface area (Å²) in [5.74, 6) is -0.379. The number of hydrogen-bond acceptors (Lipinski definition) is 6. The Bertz CT molecular complexity index is 707. The van der Waals surface area contributed by atoms with E-state index in [4.69, 9.17) is 11.6 Å². The van der Waals surface area contributed by atoms with E-state index in [-0.39, 0.29) is 24.1 Å². The van der Waals surface area contributed by atoms with E-state index >= 15 is 0 Å². The Morgan fingerprint density at radius 2 is 2.13 bits per heavy atom. The summed E-state index contributed by atoms with van der Waals surface area (Å²) in [4.78, 5) is 25.3. The second kappa shape index (κ2) is 7.93. The number of amides is 2. The maximum absolute atomic E-state index is 12.0. The molecule has 0 aliphatic carbocycles. The van der Waals surface area contributed by atoms with Gasteiger partial charge in [0.1, 0.15) is 0 Å². The monoisotopic (exact) mass is 354 g/mol. The molecule has 2 rings (SSSR count). The summed E-state index contributed by atoms with van der Waals surface area (Å²) in [6.07, 6.45) is 0. The molecule has 0 unspecified atom stereocenters. The van der Waals surface area contributed by atoms with Crippen molar-refractivity contribution in [2.45, 2.75) is 5.16 Å². The average Bonchev–Trinajstić information content (AvgIpc) is 2.92. The smallest absolute Gasteiger partial charge is 0.244 e. The Morgan fingerprint density at radius 1 is 1.39 bits per heavy atom. The Morgan fingerprint density at radius 3 is 2.78 bits per heavy atom. The molecule has 0 aliphatic rings. The lowest BCUT2D eigenvalue weighted by atomic mass is 10.3. The molecular weight excluding hydrogens is 340 g/mol. The van der Waals surface area contributed by atoms with Crippen LogP contribution < -0.4 is 5.32 Å². The van der Waals surface area contributed by atoms with E-state index in [2.05, 4.69) is 20.8 Å². The highest BCUT2D eigenvalue weighted by Gasteiger charge is 2.15. The predicted octanol–water partition coefficient (Wildman–Crippen LogP) is 1.05. The van der Waals surface area contributed by atoms with Gasteiger partial charge in [0, 0.05) is 14.1 Å². The number of rotatable bonds is 6. The van der Waals surface area contributed by atoms with E-state index in [9.17, 15) is 9.59 Å². The Kier molecular flexibility index (Phi) is 5.94. The van der Waals surface area contributed by atoms with Crippen molar-refractivity contribution in [3.05, 3.63) is 29.3 Å². The molecule has 0 aliphatic heterocycles. The van der Waals surface area contributed by atoms with Crippen LogP contribution in [0.3, 0.4) is 0 Å². The molecule has 122 valence electrons. The molecule has 1 heterocycles. The molecule has 10 heteroatoms. The number of benzene rings is 1. The van der Waals surface area contributed by atoms with Gasteiger partial charge in [-0.3, -0.25) is 9.59 Å². The summed E-state index contributed by atoms with van der Waals surface area (Å²) in [5, 5.41) is 14.6. The third-order valence-corrected chi connectivity index (χ3v) is 4.19. The van der Waals surface area contributed by atoms with E-state index in [1.165, 1.54) is 21.3 Å². The molecule has 0 atom stereocenters. The van der Waals surface area contributed by atoms with Gasteiger partial charge in [-0.1, -0.05) is 35.5 Å². The highest BCUT2D eigenvalue weighted by atomic mass is 35.5. The van der Waals surface area contributed by atoms with Gasteiger partial charge < -0.3 is 10.2 Å². The highest BCUT2D eigenvalue weighted by Crippen LogP contribution is 2.20. The Hall–Kier alpha value is -2.13. The minimum atomic E-state index is -0.320. The molecule has 1 aromatic carbocycles. The number of para-hydroxylation sites is 1. The number of likely N-dealkylation sites (N-methyl/N-ethyl adjacent to an activating group) is 1. The van der Waals surface area contributed by atoms with Crippen LogP contribution >= 0.6 is 23.4 Å². The Labute approximate surface area is 142 Å². The third kappa shape index (κ3) is 4.93. The number of tetrazole rings is 1. The number of nitrogens with zero attached hydrogens (tertiary/aromatic N) is 5. The van der Waals surface area contributed by atoms with E-state index in [1.54, 1.807) is 38.4 Å². The average molecular weight is 355 g/mol. The van der Waals surface area contributed by atoms with Crippen molar-refractivity contribution in [3.8, 4) is 0 Å². The van der Waals surface area contributed by atoms with Crippen LogP contribution in [0.5, 0.6) is 0 Å². The standard InChI is InChI=1S/C13H15ClN6O2S/c1-19(12(22)8-23-13-16-17-18-20(13)2)7-11(21)15-10-6-4-3-5-9(10)14/h3-6H,7-8H2,1-2H3,(H,15,21). The number of aromatic nitrogens is 4. The lowest BCUT2D eigenvalue weighted by molar-refractivity contribution is -0.131. The molecule has 2 aromatic rings. The number of aryl methyl sites for hydroxylation is 1. The first-order chi connectivity index (χ1) is 11.0.